The maximum absolute atomic E-state index is 12.6. The molecular weight excluding hydrogens is 382 g/mol. The summed E-state index contributed by atoms with van der Waals surface area (Å²) in [4.78, 5) is 23.1. The van der Waals surface area contributed by atoms with Gasteiger partial charge in [-0.3, -0.25) is 14.3 Å². The average molecular weight is 399 g/mol. The Balaban J connectivity index is 1.76. The minimum Gasteiger partial charge on any atom is -0.293 e. The van der Waals surface area contributed by atoms with Crippen LogP contribution in [0.15, 0.2) is 71.6 Å². The van der Waals surface area contributed by atoms with Crippen LogP contribution in [0.25, 0.3) is 10.8 Å². The highest BCUT2D eigenvalue weighted by Crippen LogP contribution is 2.22. The Bertz CT molecular complexity index is 1110. The molecule has 7 heteroatoms. The molecule has 0 bridgehead atoms. The molecule has 0 aliphatic rings. The van der Waals surface area contributed by atoms with E-state index in [9.17, 15) is 18.0 Å². The lowest BCUT2D eigenvalue weighted by molar-refractivity contribution is -0.109. The maximum Gasteiger partial charge on any atom is 0.261 e. The Morgan fingerprint density at radius 2 is 1.59 bits per heavy atom. The van der Waals surface area contributed by atoms with E-state index in [1.807, 2.05) is 24.3 Å². The quantitative estimate of drug-likeness (QED) is 0.631. The summed E-state index contributed by atoms with van der Waals surface area (Å²) in [6, 6.07) is 18.6. The number of benzene rings is 3. The monoisotopic (exact) mass is 399 g/mol. The zero-order valence-electron chi connectivity index (χ0n) is 14.5. The number of hydrogen-bond acceptors (Lipinski definition) is 5. The number of nitrogens with one attached hydrogen (secondary N) is 1. The van der Waals surface area contributed by atoms with Crippen LogP contribution in [0.4, 0.5) is 5.69 Å². The normalized spacial score (nSPS) is 11.3. The number of thioether (sulfide) groups is 1. The molecule has 0 radical (unpaired) electrons. The van der Waals surface area contributed by atoms with Gasteiger partial charge in [0.05, 0.1) is 10.6 Å². The van der Waals surface area contributed by atoms with Gasteiger partial charge in [0.15, 0.2) is 10.9 Å². The van der Waals surface area contributed by atoms with E-state index in [1.54, 1.807) is 30.3 Å². The summed E-state index contributed by atoms with van der Waals surface area (Å²) in [5, 5.41) is 1.68. The molecule has 0 heterocycles. The Morgan fingerprint density at radius 1 is 0.926 bits per heavy atom. The topological polar surface area (TPSA) is 80.3 Å². The number of anilines is 1. The van der Waals surface area contributed by atoms with Crippen molar-refractivity contribution >= 4 is 49.1 Å². The van der Waals surface area contributed by atoms with Crippen molar-refractivity contribution in [3.05, 3.63) is 72.3 Å². The highest BCUT2D eigenvalue weighted by atomic mass is 32.2. The fraction of sp³-hybridized carbons (Fsp3) is 0.100. The molecule has 0 aliphatic carbocycles. The summed E-state index contributed by atoms with van der Waals surface area (Å²) in [6.45, 7) is 1.41. The van der Waals surface area contributed by atoms with E-state index < -0.39 is 10.0 Å². The molecular formula is C20H17NO4S2. The molecule has 0 fully saturated rings. The lowest BCUT2D eigenvalue weighted by Gasteiger charge is -2.09. The van der Waals surface area contributed by atoms with E-state index in [-0.39, 0.29) is 21.5 Å². The minimum absolute atomic E-state index is 0.0670. The third kappa shape index (κ3) is 4.75. The van der Waals surface area contributed by atoms with Crippen molar-refractivity contribution in [3.8, 4) is 0 Å². The first-order valence-corrected chi connectivity index (χ1v) is 10.6. The predicted octanol–water partition coefficient (Wildman–Crippen LogP) is 4.10. The van der Waals surface area contributed by atoms with Gasteiger partial charge in [-0.1, -0.05) is 42.1 Å². The number of carbonyl (C=O) groups excluding carboxylic acids is 2. The molecule has 0 unspecified atom stereocenters. The van der Waals surface area contributed by atoms with Crippen LogP contribution in [0.2, 0.25) is 0 Å². The van der Waals surface area contributed by atoms with Crippen LogP contribution in [-0.2, 0) is 14.8 Å². The molecule has 138 valence electrons. The number of fused-ring (bicyclic) bond motifs is 1. The van der Waals surface area contributed by atoms with Gasteiger partial charge >= 0.3 is 0 Å². The van der Waals surface area contributed by atoms with Crippen LogP contribution >= 0.6 is 11.8 Å². The summed E-state index contributed by atoms with van der Waals surface area (Å²) in [5.74, 6) is -0.114. The first-order valence-electron chi connectivity index (χ1n) is 8.13. The predicted molar refractivity (Wildman–Crippen MR) is 109 cm³/mol. The van der Waals surface area contributed by atoms with Crippen LogP contribution in [0.3, 0.4) is 0 Å². The molecule has 1 N–H and O–H groups in total. The van der Waals surface area contributed by atoms with Gasteiger partial charge in [0.25, 0.3) is 10.0 Å². The van der Waals surface area contributed by atoms with Gasteiger partial charge in [0.1, 0.15) is 0 Å². The first-order chi connectivity index (χ1) is 12.8. The molecule has 3 aromatic carbocycles. The summed E-state index contributed by atoms with van der Waals surface area (Å²) in [6.07, 6.45) is 0. The van der Waals surface area contributed by atoms with Gasteiger partial charge in [-0.15, -0.1) is 0 Å². The fourth-order valence-electron chi connectivity index (χ4n) is 2.52. The van der Waals surface area contributed by atoms with E-state index in [1.165, 1.54) is 19.1 Å². The van der Waals surface area contributed by atoms with Crippen molar-refractivity contribution < 1.29 is 18.0 Å². The molecule has 0 saturated carbocycles. The van der Waals surface area contributed by atoms with Gasteiger partial charge in [-0.25, -0.2) is 8.42 Å². The molecule has 0 aliphatic heterocycles. The van der Waals surface area contributed by atoms with Crippen molar-refractivity contribution in [1.82, 2.24) is 0 Å². The third-order valence-electron chi connectivity index (χ3n) is 3.90. The zero-order chi connectivity index (χ0) is 19.4. The van der Waals surface area contributed by atoms with Crippen molar-refractivity contribution in [2.24, 2.45) is 0 Å². The van der Waals surface area contributed by atoms with Crippen molar-refractivity contribution in [1.29, 1.82) is 0 Å². The van der Waals surface area contributed by atoms with Gasteiger partial charge in [-0.2, -0.15) is 0 Å². The zero-order valence-corrected chi connectivity index (χ0v) is 16.1. The number of rotatable bonds is 6. The van der Waals surface area contributed by atoms with Crippen molar-refractivity contribution in [3.63, 3.8) is 0 Å². The van der Waals surface area contributed by atoms with E-state index in [0.717, 1.165) is 22.5 Å². The molecule has 0 amide bonds. The van der Waals surface area contributed by atoms with Crippen LogP contribution in [-0.4, -0.2) is 25.1 Å². The minimum atomic E-state index is -3.74. The molecule has 5 nitrogen and oxygen atoms in total. The number of sulfonamides is 1. The summed E-state index contributed by atoms with van der Waals surface area (Å²) >= 11 is 0.947. The largest absolute Gasteiger partial charge is 0.293 e. The lowest BCUT2D eigenvalue weighted by atomic mass is 10.1. The second kappa shape index (κ2) is 7.94. The maximum atomic E-state index is 12.6. The Morgan fingerprint density at radius 3 is 2.26 bits per heavy atom. The molecule has 3 rings (SSSR count). The second-order valence-corrected chi connectivity index (χ2v) is 8.73. The number of carbonyl (C=O) groups is 2. The molecule has 3 aromatic rings. The Labute approximate surface area is 161 Å². The van der Waals surface area contributed by atoms with Crippen LogP contribution < -0.4 is 4.72 Å². The number of Topliss-reactive ketones (excluding diaryl/α,β-unsaturated/α-hetero) is 1. The summed E-state index contributed by atoms with van der Waals surface area (Å²) in [7, 11) is -3.74. The number of hydrogen-bond donors (Lipinski definition) is 1. The van der Waals surface area contributed by atoms with Crippen LogP contribution in [0.1, 0.15) is 17.3 Å². The smallest absolute Gasteiger partial charge is 0.261 e. The SMILES string of the molecule is CC(=O)SCC(=O)c1ccc(NS(=O)(=O)c2ccc3ccccc3c2)cc1. The highest BCUT2D eigenvalue weighted by Gasteiger charge is 2.15. The number of ketones is 1. The molecule has 0 atom stereocenters. The molecule has 0 spiro atoms. The molecule has 27 heavy (non-hydrogen) atoms. The summed E-state index contributed by atoms with van der Waals surface area (Å²) in [5.41, 5.74) is 0.788. The van der Waals surface area contributed by atoms with Gasteiger partial charge in [-0.05, 0) is 47.2 Å². The third-order valence-corrected chi connectivity index (χ3v) is 6.09. The Hall–Kier alpha value is -2.64. The summed E-state index contributed by atoms with van der Waals surface area (Å²) < 4.78 is 27.8. The highest BCUT2D eigenvalue weighted by molar-refractivity contribution is 8.14. The fourth-order valence-corrected chi connectivity index (χ4v) is 4.12. The molecule has 0 saturated heterocycles. The average Bonchev–Trinajstić information content (AvgIpc) is 2.66. The lowest BCUT2D eigenvalue weighted by Crippen LogP contribution is -2.13. The van der Waals surface area contributed by atoms with Crippen molar-refractivity contribution in [2.45, 2.75) is 11.8 Å². The van der Waals surface area contributed by atoms with Gasteiger partial charge < -0.3 is 0 Å². The first kappa shape index (κ1) is 19.1. The molecule has 0 aromatic heterocycles. The van der Waals surface area contributed by atoms with E-state index in [4.69, 9.17) is 0 Å². The van der Waals surface area contributed by atoms with Gasteiger partial charge in [0.2, 0.25) is 0 Å². The second-order valence-electron chi connectivity index (χ2n) is 5.90. The Kier molecular flexibility index (Phi) is 5.62. The standard InChI is InChI=1S/C20H17NO4S2/c1-14(22)26-13-20(23)16-6-9-18(10-7-16)21-27(24,25)19-11-8-15-4-2-3-5-17(15)12-19/h2-12,21H,13H2,1H3. The van der Waals surface area contributed by atoms with E-state index in [2.05, 4.69) is 4.72 Å². The van der Waals surface area contributed by atoms with Crippen LogP contribution in [0.5, 0.6) is 0 Å². The van der Waals surface area contributed by atoms with E-state index in [0.29, 0.717) is 11.3 Å². The van der Waals surface area contributed by atoms with Crippen molar-refractivity contribution in [2.75, 3.05) is 10.5 Å². The van der Waals surface area contributed by atoms with Crippen LogP contribution in [0, 0.1) is 0 Å². The van der Waals surface area contributed by atoms with E-state index >= 15 is 0 Å². The van der Waals surface area contributed by atoms with Gasteiger partial charge in [0, 0.05) is 18.2 Å².